The van der Waals surface area contributed by atoms with Crippen LogP contribution in [-0.2, 0) is 4.74 Å². The minimum atomic E-state index is -0.552. The lowest BCUT2D eigenvalue weighted by molar-refractivity contribution is 0.00704. The van der Waals surface area contributed by atoms with Crippen molar-refractivity contribution in [3.63, 3.8) is 0 Å². The highest BCUT2D eigenvalue weighted by Gasteiger charge is 2.20. The van der Waals surface area contributed by atoms with Crippen LogP contribution in [0.25, 0.3) is 0 Å². The van der Waals surface area contributed by atoms with Gasteiger partial charge in [-0.3, -0.25) is 0 Å². The molecule has 0 aromatic carbocycles. The Balaban J connectivity index is 2.92. The third kappa shape index (κ3) is 3.40. The molecule has 5 heteroatoms. The summed E-state index contributed by atoms with van der Waals surface area (Å²) in [6.45, 7) is 5.35. The Morgan fingerprint density at radius 1 is 1.53 bits per heavy atom. The van der Waals surface area contributed by atoms with Crippen LogP contribution in [0, 0.1) is 0 Å². The maximum Gasteiger partial charge on any atom is 0.342 e. The quantitative estimate of drug-likeness (QED) is 0.592. The molecule has 0 saturated heterocycles. The first-order valence-corrected chi connectivity index (χ1v) is 4.82. The number of halogens is 1. The summed E-state index contributed by atoms with van der Waals surface area (Å²) in [7, 11) is 0. The van der Waals surface area contributed by atoms with Crippen LogP contribution in [0.15, 0.2) is 12.3 Å². The zero-order chi connectivity index (χ0) is 11.6. The van der Waals surface area contributed by atoms with Crippen LogP contribution in [0.2, 0.25) is 5.15 Å². The van der Waals surface area contributed by atoms with Gasteiger partial charge in [-0.2, -0.15) is 0 Å². The first kappa shape index (κ1) is 11.8. The van der Waals surface area contributed by atoms with Gasteiger partial charge in [0.1, 0.15) is 16.3 Å². The summed E-state index contributed by atoms with van der Waals surface area (Å²) >= 11 is 5.61. The Labute approximate surface area is 93.4 Å². The van der Waals surface area contributed by atoms with E-state index in [1.54, 1.807) is 20.8 Å². The number of nitrogens with two attached hydrogens (primary N) is 1. The van der Waals surface area contributed by atoms with Crippen LogP contribution in [0.5, 0.6) is 0 Å². The van der Waals surface area contributed by atoms with Gasteiger partial charge in [0.25, 0.3) is 0 Å². The largest absolute Gasteiger partial charge is 0.456 e. The second-order valence-corrected chi connectivity index (χ2v) is 4.48. The lowest BCUT2D eigenvalue weighted by atomic mass is 10.2. The third-order valence-electron chi connectivity index (χ3n) is 1.52. The first-order chi connectivity index (χ1) is 6.79. The van der Waals surface area contributed by atoms with Crippen molar-refractivity contribution in [2.24, 2.45) is 0 Å². The lowest BCUT2D eigenvalue weighted by Crippen LogP contribution is -2.24. The van der Waals surface area contributed by atoms with Crippen LogP contribution in [0.1, 0.15) is 31.1 Å². The van der Waals surface area contributed by atoms with Crippen molar-refractivity contribution < 1.29 is 9.53 Å². The van der Waals surface area contributed by atoms with E-state index in [0.717, 1.165) is 0 Å². The van der Waals surface area contributed by atoms with Gasteiger partial charge in [0.15, 0.2) is 0 Å². The number of rotatable bonds is 1. The number of hydrogen-bond donors (Lipinski definition) is 1. The summed E-state index contributed by atoms with van der Waals surface area (Å²) in [5, 5.41) is 0.250. The van der Waals surface area contributed by atoms with Gasteiger partial charge in [0.2, 0.25) is 0 Å². The molecular formula is C10H13ClN2O2. The summed E-state index contributed by atoms with van der Waals surface area (Å²) in [5.74, 6) is -0.496. The Bertz CT molecular complexity index is 385. The lowest BCUT2D eigenvalue weighted by Gasteiger charge is -2.19. The van der Waals surface area contributed by atoms with Gasteiger partial charge in [0.05, 0.1) is 5.69 Å². The SMILES string of the molecule is CC(C)(C)OC(=O)c1cnc(Cl)cc1N. The Morgan fingerprint density at radius 3 is 2.60 bits per heavy atom. The van der Waals surface area contributed by atoms with Crippen molar-refractivity contribution in [3.05, 3.63) is 23.0 Å². The van der Waals surface area contributed by atoms with Gasteiger partial charge in [-0.05, 0) is 26.8 Å². The minimum absolute atomic E-state index is 0.231. The van der Waals surface area contributed by atoms with Crippen molar-refractivity contribution in [1.82, 2.24) is 4.98 Å². The number of aromatic nitrogens is 1. The van der Waals surface area contributed by atoms with Gasteiger partial charge < -0.3 is 10.5 Å². The Hall–Kier alpha value is -1.29. The van der Waals surface area contributed by atoms with Gasteiger partial charge in [-0.1, -0.05) is 11.6 Å². The molecule has 0 spiro atoms. The molecule has 2 N–H and O–H groups in total. The van der Waals surface area contributed by atoms with Crippen molar-refractivity contribution in [2.45, 2.75) is 26.4 Å². The molecule has 0 unspecified atom stereocenters. The number of pyridine rings is 1. The molecule has 1 aromatic rings. The molecule has 1 heterocycles. The summed E-state index contributed by atoms with van der Waals surface area (Å²) in [5.41, 5.74) is 5.56. The zero-order valence-electron chi connectivity index (χ0n) is 8.87. The van der Waals surface area contributed by atoms with E-state index >= 15 is 0 Å². The normalized spacial score (nSPS) is 11.2. The molecule has 0 aliphatic heterocycles. The topological polar surface area (TPSA) is 65.2 Å². The monoisotopic (exact) mass is 228 g/mol. The number of hydrogen-bond acceptors (Lipinski definition) is 4. The molecule has 4 nitrogen and oxygen atoms in total. The predicted octanol–water partition coefficient (Wildman–Crippen LogP) is 2.27. The van der Waals surface area contributed by atoms with E-state index in [9.17, 15) is 4.79 Å². The molecule has 0 radical (unpaired) electrons. The predicted molar refractivity (Wildman–Crippen MR) is 58.8 cm³/mol. The van der Waals surface area contributed by atoms with E-state index in [2.05, 4.69) is 4.98 Å². The number of nitrogen functional groups attached to an aromatic ring is 1. The van der Waals surface area contributed by atoms with Crippen LogP contribution in [-0.4, -0.2) is 16.6 Å². The van der Waals surface area contributed by atoms with E-state index in [1.165, 1.54) is 12.3 Å². The summed E-state index contributed by atoms with van der Waals surface area (Å²) < 4.78 is 5.14. The number of ether oxygens (including phenoxy) is 1. The molecular weight excluding hydrogens is 216 g/mol. The first-order valence-electron chi connectivity index (χ1n) is 4.44. The minimum Gasteiger partial charge on any atom is -0.456 e. The van der Waals surface area contributed by atoms with E-state index in [0.29, 0.717) is 0 Å². The van der Waals surface area contributed by atoms with Crippen LogP contribution < -0.4 is 5.73 Å². The highest BCUT2D eigenvalue weighted by molar-refractivity contribution is 6.29. The van der Waals surface area contributed by atoms with Crippen molar-refractivity contribution >= 4 is 23.3 Å². The van der Waals surface area contributed by atoms with E-state index in [4.69, 9.17) is 22.1 Å². The summed E-state index contributed by atoms with van der Waals surface area (Å²) in [4.78, 5) is 15.4. The Morgan fingerprint density at radius 2 is 2.13 bits per heavy atom. The molecule has 0 fully saturated rings. The fourth-order valence-corrected chi connectivity index (χ4v) is 1.11. The molecule has 0 atom stereocenters. The average Bonchev–Trinajstić information content (AvgIpc) is 1.99. The molecule has 0 aliphatic carbocycles. The second kappa shape index (κ2) is 4.06. The third-order valence-corrected chi connectivity index (χ3v) is 1.73. The highest BCUT2D eigenvalue weighted by atomic mass is 35.5. The van der Waals surface area contributed by atoms with Gasteiger partial charge in [-0.25, -0.2) is 9.78 Å². The zero-order valence-corrected chi connectivity index (χ0v) is 9.63. The van der Waals surface area contributed by atoms with Crippen molar-refractivity contribution in [2.75, 3.05) is 5.73 Å². The fraction of sp³-hybridized carbons (Fsp3) is 0.400. The molecule has 0 bridgehead atoms. The smallest absolute Gasteiger partial charge is 0.342 e. The molecule has 1 rings (SSSR count). The number of carbonyl (C=O) groups is 1. The van der Waals surface area contributed by atoms with Crippen LogP contribution in [0.3, 0.4) is 0 Å². The van der Waals surface area contributed by atoms with Crippen LogP contribution >= 0.6 is 11.6 Å². The summed E-state index contributed by atoms with van der Waals surface area (Å²) in [6.07, 6.45) is 1.31. The molecule has 82 valence electrons. The highest BCUT2D eigenvalue weighted by Crippen LogP contribution is 2.18. The second-order valence-electron chi connectivity index (χ2n) is 4.10. The number of anilines is 1. The van der Waals surface area contributed by atoms with Crippen LogP contribution in [0.4, 0.5) is 5.69 Å². The molecule has 0 saturated carbocycles. The molecule has 0 aliphatic rings. The van der Waals surface area contributed by atoms with Gasteiger partial charge in [-0.15, -0.1) is 0 Å². The van der Waals surface area contributed by atoms with E-state index < -0.39 is 11.6 Å². The number of esters is 1. The fourth-order valence-electron chi connectivity index (χ4n) is 0.948. The molecule has 0 amide bonds. The van der Waals surface area contributed by atoms with Crippen molar-refractivity contribution in [1.29, 1.82) is 0 Å². The average molecular weight is 229 g/mol. The van der Waals surface area contributed by atoms with Gasteiger partial charge in [0, 0.05) is 6.20 Å². The standard InChI is InChI=1S/C10H13ClN2O2/c1-10(2,3)15-9(14)6-5-13-8(11)4-7(6)12/h4-5H,1-3H3,(H2,12,13). The van der Waals surface area contributed by atoms with Gasteiger partial charge >= 0.3 is 5.97 Å². The molecule has 15 heavy (non-hydrogen) atoms. The number of carbonyl (C=O) groups excluding carboxylic acids is 1. The molecule has 1 aromatic heterocycles. The Kier molecular flexibility index (Phi) is 3.19. The maximum atomic E-state index is 11.6. The van der Waals surface area contributed by atoms with Crippen molar-refractivity contribution in [3.8, 4) is 0 Å². The van der Waals surface area contributed by atoms with E-state index in [1.807, 2.05) is 0 Å². The number of nitrogens with zero attached hydrogens (tertiary/aromatic N) is 1. The maximum absolute atomic E-state index is 11.6. The summed E-state index contributed by atoms with van der Waals surface area (Å²) in [6, 6.07) is 1.42. The van der Waals surface area contributed by atoms with E-state index in [-0.39, 0.29) is 16.4 Å².